The van der Waals surface area contributed by atoms with Crippen LogP contribution in [0.2, 0.25) is 0 Å². The largest absolute Gasteiger partial charge is 0.420 e. The van der Waals surface area contributed by atoms with Crippen LogP contribution in [0.5, 0.6) is 5.75 Å². The van der Waals surface area contributed by atoms with E-state index >= 15 is 0 Å². The molecule has 1 fully saturated rings. The van der Waals surface area contributed by atoms with Gasteiger partial charge in [0.15, 0.2) is 34.9 Å². The van der Waals surface area contributed by atoms with Crippen molar-refractivity contribution in [1.29, 1.82) is 0 Å². The highest BCUT2D eigenvalue weighted by atomic mass is 19.2. The van der Waals surface area contributed by atoms with Crippen molar-refractivity contribution in [2.24, 2.45) is 11.8 Å². The predicted molar refractivity (Wildman–Crippen MR) is 107 cm³/mol. The van der Waals surface area contributed by atoms with Crippen molar-refractivity contribution in [3.8, 4) is 16.9 Å². The quantitative estimate of drug-likeness (QED) is 0.180. The minimum atomic E-state index is -2.37. The van der Waals surface area contributed by atoms with Crippen LogP contribution in [-0.4, -0.2) is 5.97 Å². The second-order valence-electron chi connectivity index (χ2n) is 8.35. The topological polar surface area (TPSA) is 26.3 Å². The molecule has 0 aromatic heterocycles. The Bertz CT molecular complexity index is 1050. The molecule has 34 heavy (non-hydrogen) atoms. The lowest BCUT2D eigenvalue weighted by Gasteiger charge is -2.27. The van der Waals surface area contributed by atoms with Gasteiger partial charge in [0.25, 0.3) is 0 Å². The van der Waals surface area contributed by atoms with Gasteiger partial charge in [-0.05, 0) is 38.0 Å². The van der Waals surface area contributed by atoms with Crippen molar-refractivity contribution in [3.05, 3.63) is 52.1 Å². The van der Waals surface area contributed by atoms with E-state index in [1.165, 1.54) is 6.92 Å². The number of rotatable bonds is 6. The molecule has 0 amide bonds. The molecule has 0 unspecified atom stereocenters. The summed E-state index contributed by atoms with van der Waals surface area (Å²) in [6.45, 7) is 3.18. The number of esters is 1. The highest BCUT2D eigenvalue weighted by molar-refractivity contribution is 5.76. The summed E-state index contributed by atoms with van der Waals surface area (Å²) in [5.74, 6) is -20.8. The van der Waals surface area contributed by atoms with Crippen molar-refractivity contribution in [1.82, 2.24) is 0 Å². The first-order valence-electron chi connectivity index (χ1n) is 11.0. The van der Waals surface area contributed by atoms with Crippen molar-refractivity contribution in [3.63, 3.8) is 0 Å². The minimum Gasteiger partial charge on any atom is -0.420 e. The Labute approximate surface area is 190 Å². The standard InChI is InChI=1S/C24H22F8O2/c1-3-5-10-6-8-11(9-7-10)24(33)34-23-21(31)19(29)14(20(30)22(23)32)13-17(27)15(25)12(4-2)16(26)18(13)28/h10-11H,3-9H2,1-2H3/t10-,11-. The number of carbonyl (C=O) groups excluding carboxylic acids is 1. The van der Waals surface area contributed by atoms with Crippen molar-refractivity contribution >= 4 is 5.97 Å². The maximum atomic E-state index is 14.7. The molecule has 0 saturated heterocycles. The van der Waals surface area contributed by atoms with E-state index in [9.17, 15) is 39.9 Å². The summed E-state index contributed by atoms with van der Waals surface area (Å²) in [5.41, 5.74) is -4.99. The number of hydrogen-bond donors (Lipinski definition) is 0. The molecule has 186 valence electrons. The van der Waals surface area contributed by atoms with E-state index < -0.39 is 87.3 Å². The molecule has 0 radical (unpaired) electrons. The first-order valence-corrected chi connectivity index (χ1v) is 11.0. The van der Waals surface area contributed by atoms with Gasteiger partial charge >= 0.3 is 5.97 Å². The number of carbonyl (C=O) groups is 1. The van der Waals surface area contributed by atoms with Gasteiger partial charge in [-0.25, -0.2) is 26.3 Å². The average Bonchev–Trinajstić information content (AvgIpc) is 2.82. The lowest BCUT2D eigenvalue weighted by Crippen LogP contribution is -2.26. The molecule has 1 aliphatic rings. The summed E-state index contributed by atoms with van der Waals surface area (Å²) >= 11 is 0. The molecule has 0 N–H and O–H groups in total. The Morgan fingerprint density at radius 3 is 1.56 bits per heavy atom. The summed E-state index contributed by atoms with van der Waals surface area (Å²) < 4.78 is 120. The maximum Gasteiger partial charge on any atom is 0.314 e. The molecule has 0 aliphatic heterocycles. The van der Waals surface area contributed by atoms with Crippen LogP contribution in [0.25, 0.3) is 11.1 Å². The highest BCUT2D eigenvalue weighted by Gasteiger charge is 2.36. The molecule has 0 spiro atoms. The van der Waals surface area contributed by atoms with Gasteiger partial charge in [-0.2, -0.15) is 8.78 Å². The second kappa shape index (κ2) is 10.3. The number of ether oxygens (including phenoxy) is 1. The third-order valence-electron chi connectivity index (χ3n) is 6.26. The van der Waals surface area contributed by atoms with Crippen LogP contribution in [-0.2, 0) is 11.2 Å². The molecule has 0 heterocycles. The molecule has 0 atom stereocenters. The van der Waals surface area contributed by atoms with E-state index in [1.54, 1.807) is 0 Å². The van der Waals surface area contributed by atoms with Gasteiger partial charge in [-0.3, -0.25) is 4.79 Å². The fourth-order valence-corrected chi connectivity index (χ4v) is 4.41. The summed E-state index contributed by atoms with van der Waals surface area (Å²) in [6.07, 6.45) is 3.46. The first-order chi connectivity index (χ1) is 16.0. The molecule has 0 bridgehead atoms. The van der Waals surface area contributed by atoms with E-state index in [1.807, 2.05) is 6.92 Å². The number of benzene rings is 2. The smallest absolute Gasteiger partial charge is 0.314 e. The van der Waals surface area contributed by atoms with E-state index in [-0.39, 0.29) is 0 Å². The zero-order valence-corrected chi connectivity index (χ0v) is 18.4. The Kier molecular flexibility index (Phi) is 7.88. The fraction of sp³-hybridized carbons (Fsp3) is 0.458. The Hall–Kier alpha value is -2.65. The lowest BCUT2D eigenvalue weighted by atomic mass is 9.80. The van der Waals surface area contributed by atoms with Crippen LogP contribution in [0.1, 0.15) is 57.9 Å². The van der Waals surface area contributed by atoms with Gasteiger partial charge in [0.2, 0.25) is 17.4 Å². The highest BCUT2D eigenvalue weighted by Crippen LogP contribution is 2.41. The molecule has 1 aliphatic carbocycles. The average molecular weight is 494 g/mol. The SMILES string of the molecule is CCC[C@H]1CC[C@H](C(=O)Oc2c(F)c(F)c(-c3c(F)c(F)c(CC)c(F)c3F)c(F)c2F)CC1. The van der Waals surface area contributed by atoms with Crippen LogP contribution in [0.3, 0.4) is 0 Å². The van der Waals surface area contributed by atoms with Crippen molar-refractivity contribution < 1.29 is 44.7 Å². The molecule has 1 saturated carbocycles. The molecule has 2 nitrogen and oxygen atoms in total. The molecule has 10 heteroatoms. The van der Waals surface area contributed by atoms with Crippen molar-refractivity contribution in [2.75, 3.05) is 0 Å². The third-order valence-corrected chi connectivity index (χ3v) is 6.26. The van der Waals surface area contributed by atoms with Gasteiger partial charge < -0.3 is 4.74 Å². The molecule has 3 rings (SSSR count). The molecular weight excluding hydrogens is 472 g/mol. The summed E-state index contributed by atoms with van der Waals surface area (Å²) in [5, 5.41) is 0. The first kappa shape index (κ1) is 26.0. The van der Waals surface area contributed by atoms with Crippen LogP contribution < -0.4 is 4.74 Å². The zero-order valence-electron chi connectivity index (χ0n) is 18.4. The minimum absolute atomic E-state index is 0.356. The summed E-state index contributed by atoms with van der Waals surface area (Å²) in [7, 11) is 0. The number of hydrogen-bond acceptors (Lipinski definition) is 2. The zero-order chi connectivity index (χ0) is 25.3. The molecule has 2 aromatic rings. The van der Waals surface area contributed by atoms with E-state index in [2.05, 4.69) is 4.74 Å². The van der Waals surface area contributed by atoms with Crippen LogP contribution in [0, 0.1) is 58.4 Å². The molecular formula is C24H22F8O2. The van der Waals surface area contributed by atoms with Crippen molar-refractivity contribution in [2.45, 2.75) is 58.8 Å². The van der Waals surface area contributed by atoms with Crippen LogP contribution in [0.15, 0.2) is 0 Å². The van der Waals surface area contributed by atoms with E-state index in [0.717, 1.165) is 12.8 Å². The van der Waals surface area contributed by atoms with Gasteiger partial charge in [0.1, 0.15) is 0 Å². The van der Waals surface area contributed by atoms with Crippen LogP contribution >= 0.6 is 0 Å². The number of halogens is 8. The molecule has 2 aromatic carbocycles. The Balaban J connectivity index is 2.00. The lowest BCUT2D eigenvalue weighted by molar-refractivity contribution is -0.140. The van der Waals surface area contributed by atoms with Gasteiger partial charge in [-0.15, -0.1) is 0 Å². The van der Waals surface area contributed by atoms with E-state index in [4.69, 9.17) is 0 Å². The van der Waals surface area contributed by atoms with E-state index in [0.29, 0.717) is 31.6 Å². The monoisotopic (exact) mass is 494 g/mol. The summed E-state index contributed by atoms with van der Waals surface area (Å²) in [4.78, 5) is 12.4. The maximum absolute atomic E-state index is 14.7. The van der Waals surface area contributed by atoms with Gasteiger partial charge in [0.05, 0.1) is 17.0 Å². The third kappa shape index (κ3) is 4.51. The predicted octanol–water partition coefficient (Wildman–Crippen LogP) is 7.54. The Morgan fingerprint density at radius 2 is 1.15 bits per heavy atom. The fourth-order valence-electron chi connectivity index (χ4n) is 4.41. The summed E-state index contributed by atoms with van der Waals surface area (Å²) in [6, 6.07) is 0. The van der Waals surface area contributed by atoms with Gasteiger partial charge in [0, 0.05) is 5.56 Å². The second-order valence-corrected chi connectivity index (χ2v) is 8.35. The Morgan fingerprint density at radius 1 is 0.706 bits per heavy atom. The normalized spacial score (nSPS) is 18.3. The van der Waals surface area contributed by atoms with Crippen LogP contribution in [0.4, 0.5) is 35.1 Å². The van der Waals surface area contributed by atoms with Gasteiger partial charge in [-0.1, -0.05) is 26.7 Å².